The lowest BCUT2D eigenvalue weighted by Crippen LogP contribution is -2.03. The Kier molecular flexibility index (Phi) is 2.79. The summed E-state index contributed by atoms with van der Waals surface area (Å²) >= 11 is 0. The molecule has 0 N–H and O–H groups in total. The monoisotopic (exact) mass is 164 g/mol. The smallest absolute Gasteiger partial charge is 0.0646 e. The molecule has 0 amide bonds. The predicted octanol–water partition coefficient (Wildman–Crippen LogP) is 2.72. The molecule has 0 bridgehead atoms. The summed E-state index contributed by atoms with van der Waals surface area (Å²) in [5, 5.41) is 0. The normalized spacial score (nSPS) is 11.2. The molecule has 0 saturated carbocycles. The zero-order valence-electron chi connectivity index (χ0n) is 8.20. The lowest BCUT2D eigenvalue weighted by atomic mass is 10.0. The van der Waals surface area contributed by atoms with E-state index in [9.17, 15) is 0 Å². The van der Waals surface area contributed by atoms with E-state index in [2.05, 4.69) is 37.7 Å². The van der Waals surface area contributed by atoms with E-state index in [-0.39, 0.29) is 0 Å². The van der Waals surface area contributed by atoms with Gasteiger partial charge in [0.25, 0.3) is 0 Å². The van der Waals surface area contributed by atoms with Crippen molar-refractivity contribution in [2.24, 2.45) is 0 Å². The van der Waals surface area contributed by atoms with Crippen LogP contribution >= 0.6 is 0 Å². The molecule has 0 aliphatic rings. The summed E-state index contributed by atoms with van der Waals surface area (Å²) in [6.45, 7) is 8.59. The van der Waals surface area contributed by atoms with E-state index < -0.39 is 0 Å². The Labute approximate surface area is 74.1 Å². The van der Waals surface area contributed by atoms with Crippen molar-refractivity contribution >= 4 is 0 Å². The standard InChI is InChI=1S/C10H16N2/c1-7(2)9-10(8(3)4)12-6-5-11-9/h5-8H,1-4H3. The van der Waals surface area contributed by atoms with Gasteiger partial charge in [0, 0.05) is 12.4 Å². The van der Waals surface area contributed by atoms with Crippen molar-refractivity contribution in [2.45, 2.75) is 39.5 Å². The fourth-order valence-electron chi connectivity index (χ4n) is 1.25. The molecule has 0 saturated heterocycles. The van der Waals surface area contributed by atoms with Crippen molar-refractivity contribution in [3.05, 3.63) is 23.8 Å². The van der Waals surface area contributed by atoms with Gasteiger partial charge >= 0.3 is 0 Å². The van der Waals surface area contributed by atoms with Crippen molar-refractivity contribution in [3.63, 3.8) is 0 Å². The van der Waals surface area contributed by atoms with Gasteiger partial charge in [-0.2, -0.15) is 0 Å². The average Bonchev–Trinajstić information content (AvgIpc) is 2.04. The van der Waals surface area contributed by atoms with E-state index in [0.717, 1.165) is 11.4 Å². The maximum Gasteiger partial charge on any atom is 0.0646 e. The summed E-state index contributed by atoms with van der Waals surface area (Å²) in [6, 6.07) is 0. The number of aromatic nitrogens is 2. The molecule has 2 heteroatoms. The minimum atomic E-state index is 0.469. The Hall–Kier alpha value is -0.920. The van der Waals surface area contributed by atoms with Gasteiger partial charge < -0.3 is 0 Å². The molecule has 66 valence electrons. The molecule has 0 aliphatic carbocycles. The number of hydrogen-bond donors (Lipinski definition) is 0. The minimum Gasteiger partial charge on any atom is -0.258 e. The molecule has 1 aromatic rings. The lowest BCUT2D eigenvalue weighted by Gasteiger charge is -2.11. The third-order valence-electron chi connectivity index (χ3n) is 1.85. The second kappa shape index (κ2) is 3.65. The molecule has 0 aromatic carbocycles. The van der Waals surface area contributed by atoms with Crippen LogP contribution in [0.5, 0.6) is 0 Å². The Morgan fingerprint density at radius 2 is 1.17 bits per heavy atom. The van der Waals surface area contributed by atoms with E-state index >= 15 is 0 Å². The van der Waals surface area contributed by atoms with Crippen molar-refractivity contribution in [1.29, 1.82) is 0 Å². The van der Waals surface area contributed by atoms with Crippen LogP contribution in [0.3, 0.4) is 0 Å². The highest BCUT2D eigenvalue weighted by Crippen LogP contribution is 2.20. The van der Waals surface area contributed by atoms with Crippen molar-refractivity contribution in [3.8, 4) is 0 Å². The quantitative estimate of drug-likeness (QED) is 0.671. The Bertz CT molecular complexity index is 227. The zero-order valence-corrected chi connectivity index (χ0v) is 8.20. The Morgan fingerprint density at radius 1 is 0.833 bits per heavy atom. The van der Waals surface area contributed by atoms with Crippen LogP contribution in [-0.2, 0) is 0 Å². The first kappa shape index (κ1) is 9.17. The molecular formula is C10H16N2. The Balaban J connectivity index is 3.09. The maximum absolute atomic E-state index is 4.34. The molecule has 1 heterocycles. The molecule has 0 unspecified atom stereocenters. The van der Waals surface area contributed by atoms with Crippen LogP contribution in [0, 0.1) is 0 Å². The fourth-order valence-corrected chi connectivity index (χ4v) is 1.25. The molecule has 12 heavy (non-hydrogen) atoms. The van der Waals surface area contributed by atoms with Crippen LogP contribution in [0.2, 0.25) is 0 Å². The summed E-state index contributed by atoms with van der Waals surface area (Å²) in [4.78, 5) is 8.67. The topological polar surface area (TPSA) is 25.8 Å². The average molecular weight is 164 g/mol. The Morgan fingerprint density at radius 3 is 1.42 bits per heavy atom. The SMILES string of the molecule is CC(C)c1nccnc1C(C)C. The highest BCUT2D eigenvalue weighted by Gasteiger charge is 2.11. The number of nitrogens with zero attached hydrogens (tertiary/aromatic N) is 2. The van der Waals surface area contributed by atoms with Crippen molar-refractivity contribution < 1.29 is 0 Å². The summed E-state index contributed by atoms with van der Waals surface area (Å²) in [6.07, 6.45) is 3.53. The van der Waals surface area contributed by atoms with Gasteiger partial charge in [0.1, 0.15) is 0 Å². The fraction of sp³-hybridized carbons (Fsp3) is 0.600. The largest absolute Gasteiger partial charge is 0.258 e. The van der Waals surface area contributed by atoms with Crippen LogP contribution in [0.15, 0.2) is 12.4 Å². The van der Waals surface area contributed by atoms with E-state index in [0.29, 0.717) is 11.8 Å². The molecule has 0 fully saturated rings. The third kappa shape index (κ3) is 1.81. The molecular weight excluding hydrogens is 148 g/mol. The highest BCUT2D eigenvalue weighted by atomic mass is 14.8. The number of hydrogen-bond acceptors (Lipinski definition) is 2. The van der Waals surface area contributed by atoms with Crippen molar-refractivity contribution in [1.82, 2.24) is 9.97 Å². The van der Waals surface area contributed by atoms with Crippen LogP contribution in [0.4, 0.5) is 0 Å². The van der Waals surface area contributed by atoms with Crippen molar-refractivity contribution in [2.75, 3.05) is 0 Å². The first-order chi connectivity index (χ1) is 5.63. The van der Waals surface area contributed by atoms with Crippen LogP contribution in [-0.4, -0.2) is 9.97 Å². The molecule has 0 atom stereocenters. The molecule has 0 radical (unpaired) electrons. The van der Waals surface area contributed by atoms with Crippen LogP contribution < -0.4 is 0 Å². The van der Waals surface area contributed by atoms with E-state index in [1.165, 1.54) is 0 Å². The summed E-state index contributed by atoms with van der Waals surface area (Å²) in [5.74, 6) is 0.937. The van der Waals surface area contributed by atoms with Crippen LogP contribution in [0.1, 0.15) is 50.9 Å². The molecule has 1 aromatic heterocycles. The van der Waals surface area contributed by atoms with Gasteiger partial charge in [-0.25, -0.2) is 0 Å². The van der Waals surface area contributed by atoms with Gasteiger partial charge in [0.2, 0.25) is 0 Å². The minimum absolute atomic E-state index is 0.469. The summed E-state index contributed by atoms with van der Waals surface area (Å²) < 4.78 is 0. The van der Waals surface area contributed by atoms with Gasteiger partial charge in [-0.1, -0.05) is 27.7 Å². The van der Waals surface area contributed by atoms with E-state index in [1.807, 2.05) is 0 Å². The lowest BCUT2D eigenvalue weighted by molar-refractivity contribution is 0.726. The number of rotatable bonds is 2. The highest BCUT2D eigenvalue weighted by molar-refractivity contribution is 5.17. The molecule has 0 spiro atoms. The van der Waals surface area contributed by atoms with E-state index in [1.54, 1.807) is 12.4 Å². The van der Waals surface area contributed by atoms with Crippen LogP contribution in [0.25, 0.3) is 0 Å². The van der Waals surface area contributed by atoms with Gasteiger partial charge in [0.15, 0.2) is 0 Å². The first-order valence-electron chi connectivity index (χ1n) is 4.43. The van der Waals surface area contributed by atoms with Gasteiger partial charge in [-0.15, -0.1) is 0 Å². The molecule has 0 aliphatic heterocycles. The van der Waals surface area contributed by atoms with E-state index in [4.69, 9.17) is 0 Å². The maximum atomic E-state index is 4.34. The summed E-state index contributed by atoms with van der Waals surface area (Å²) in [7, 11) is 0. The summed E-state index contributed by atoms with van der Waals surface area (Å²) in [5.41, 5.74) is 2.26. The van der Waals surface area contributed by atoms with Gasteiger partial charge in [-0.05, 0) is 11.8 Å². The zero-order chi connectivity index (χ0) is 9.14. The second-order valence-electron chi connectivity index (χ2n) is 3.64. The second-order valence-corrected chi connectivity index (χ2v) is 3.64. The predicted molar refractivity (Wildman–Crippen MR) is 50.2 cm³/mol. The van der Waals surface area contributed by atoms with Gasteiger partial charge in [0.05, 0.1) is 11.4 Å². The molecule has 1 rings (SSSR count). The third-order valence-corrected chi connectivity index (χ3v) is 1.85. The molecule has 2 nitrogen and oxygen atoms in total. The van der Waals surface area contributed by atoms with Gasteiger partial charge in [-0.3, -0.25) is 9.97 Å². The first-order valence-corrected chi connectivity index (χ1v) is 4.43.